The van der Waals surface area contributed by atoms with Gasteiger partial charge in [0.25, 0.3) is 0 Å². The zero-order valence-corrected chi connectivity index (χ0v) is 22.9. The average molecular weight is 609 g/mol. The highest BCUT2D eigenvalue weighted by molar-refractivity contribution is 9.10. The van der Waals surface area contributed by atoms with Crippen LogP contribution in [-0.2, 0) is 6.54 Å². The zero-order chi connectivity index (χ0) is 22.9. The molecule has 1 aliphatic rings. The maximum atomic E-state index is 11.1. The van der Waals surface area contributed by atoms with Gasteiger partial charge in [-0.2, -0.15) is 0 Å². The molecule has 180 valence electrons. The van der Waals surface area contributed by atoms with Gasteiger partial charge in [-0.3, -0.25) is 4.90 Å². The molecule has 0 saturated carbocycles. The highest BCUT2D eigenvalue weighted by Crippen LogP contribution is 2.33. The van der Waals surface area contributed by atoms with Crippen molar-refractivity contribution in [1.29, 1.82) is 0 Å². The number of methoxy groups -OCH3 is 1. The van der Waals surface area contributed by atoms with Crippen LogP contribution in [0.15, 0.2) is 69.6 Å². The van der Waals surface area contributed by atoms with Crippen LogP contribution in [0.3, 0.4) is 0 Å². The number of piperazine rings is 1. The molecule has 34 heavy (non-hydrogen) atoms. The van der Waals surface area contributed by atoms with Gasteiger partial charge in [-0.25, -0.2) is 0 Å². The molecule has 8 heteroatoms. The molecular formula is C26H27Br2ClN3O2-. The van der Waals surface area contributed by atoms with Gasteiger partial charge < -0.3 is 31.7 Å². The molecule has 0 aliphatic carbocycles. The standard InChI is InChI=1S/C26H27Br2N3O2.ClH/c1-33-26-5-3-2-4-25(26)30-12-10-29(11-13-30)16-20(32)17-31-23-8-6-18(27)14-21(23)22-15-19(28)7-9-24(22)31;/h2-9,14-15,20,32H,10-13,16-17H2,1H3;1H/p-1. The van der Waals surface area contributed by atoms with Crippen molar-refractivity contribution in [2.24, 2.45) is 0 Å². The number of aliphatic hydroxyl groups is 1. The van der Waals surface area contributed by atoms with Crippen molar-refractivity contribution in [1.82, 2.24) is 9.47 Å². The van der Waals surface area contributed by atoms with E-state index in [1.165, 1.54) is 10.8 Å². The van der Waals surface area contributed by atoms with E-state index in [9.17, 15) is 5.11 Å². The van der Waals surface area contributed by atoms with Crippen LogP contribution in [0.4, 0.5) is 5.69 Å². The Kier molecular flexibility index (Phi) is 8.10. The number of halogens is 3. The van der Waals surface area contributed by atoms with Crippen LogP contribution in [0.2, 0.25) is 0 Å². The van der Waals surface area contributed by atoms with E-state index in [2.05, 4.69) is 94.8 Å². The van der Waals surface area contributed by atoms with Gasteiger partial charge >= 0.3 is 0 Å². The lowest BCUT2D eigenvalue weighted by Gasteiger charge is -2.37. The second kappa shape index (κ2) is 10.9. The van der Waals surface area contributed by atoms with Crippen molar-refractivity contribution >= 4 is 59.4 Å². The summed E-state index contributed by atoms with van der Waals surface area (Å²) in [5, 5.41) is 13.4. The first-order valence-corrected chi connectivity index (χ1v) is 12.8. The summed E-state index contributed by atoms with van der Waals surface area (Å²) in [5.74, 6) is 0.913. The predicted molar refractivity (Wildman–Crippen MR) is 142 cm³/mol. The number of β-amino-alcohol motifs (C(OH)–C–C–N with tert-alkyl or cyclic N) is 1. The quantitative estimate of drug-likeness (QED) is 0.366. The summed E-state index contributed by atoms with van der Waals surface area (Å²) < 4.78 is 9.89. The molecule has 1 saturated heterocycles. The van der Waals surface area contributed by atoms with Crippen LogP contribution in [0, 0.1) is 0 Å². The maximum absolute atomic E-state index is 11.1. The molecule has 2 heterocycles. The number of rotatable bonds is 6. The molecule has 5 rings (SSSR count). The van der Waals surface area contributed by atoms with Gasteiger partial charge in [0.05, 0.1) is 25.4 Å². The summed E-state index contributed by atoms with van der Waals surface area (Å²) in [6.07, 6.45) is -0.450. The molecule has 0 bridgehead atoms. The summed E-state index contributed by atoms with van der Waals surface area (Å²) in [4.78, 5) is 4.72. The highest BCUT2D eigenvalue weighted by Gasteiger charge is 2.22. The van der Waals surface area contributed by atoms with Gasteiger partial charge in [0.1, 0.15) is 5.75 Å². The Bertz CT molecular complexity index is 1230. The molecule has 1 atom stereocenters. The Labute approximate surface area is 223 Å². The molecule has 1 unspecified atom stereocenters. The number of fused-ring (bicyclic) bond motifs is 3. The van der Waals surface area contributed by atoms with Gasteiger partial charge in [-0.1, -0.05) is 44.0 Å². The highest BCUT2D eigenvalue weighted by atomic mass is 79.9. The minimum Gasteiger partial charge on any atom is -1.00 e. The Morgan fingerprint density at radius 1 is 0.853 bits per heavy atom. The van der Waals surface area contributed by atoms with Gasteiger partial charge in [0.15, 0.2) is 0 Å². The average Bonchev–Trinajstić information content (AvgIpc) is 3.11. The first-order chi connectivity index (χ1) is 16.0. The third-order valence-electron chi connectivity index (χ3n) is 6.45. The van der Waals surface area contributed by atoms with Gasteiger partial charge in [0, 0.05) is 63.5 Å². The number of aromatic nitrogens is 1. The smallest absolute Gasteiger partial charge is 0.142 e. The minimum absolute atomic E-state index is 0. The second-order valence-electron chi connectivity index (χ2n) is 8.55. The Morgan fingerprint density at radius 2 is 1.44 bits per heavy atom. The first-order valence-electron chi connectivity index (χ1n) is 11.2. The van der Waals surface area contributed by atoms with E-state index in [4.69, 9.17) is 4.74 Å². The summed E-state index contributed by atoms with van der Waals surface area (Å²) in [6, 6.07) is 20.9. The van der Waals surface area contributed by atoms with Gasteiger partial charge in [0.2, 0.25) is 0 Å². The zero-order valence-electron chi connectivity index (χ0n) is 18.9. The molecule has 0 radical (unpaired) electrons. The van der Waals surface area contributed by atoms with E-state index in [1.807, 2.05) is 12.1 Å². The van der Waals surface area contributed by atoms with Crippen molar-refractivity contribution in [3.05, 3.63) is 69.6 Å². The Balaban J connectivity index is 0.00000274. The molecule has 3 aromatic carbocycles. The van der Waals surface area contributed by atoms with E-state index >= 15 is 0 Å². The van der Waals surface area contributed by atoms with Crippen molar-refractivity contribution < 1.29 is 22.3 Å². The molecule has 1 aliphatic heterocycles. The number of aliphatic hydroxyl groups excluding tert-OH is 1. The van der Waals surface area contributed by atoms with E-state index in [1.54, 1.807) is 7.11 Å². The third-order valence-corrected chi connectivity index (χ3v) is 7.44. The molecule has 0 spiro atoms. The number of ether oxygens (including phenoxy) is 1. The maximum Gasteiger partial charge on any atom is 0.142 e. The summed E-state index contributed by atoms with van der Waals surface area (Å²) in [6.45, 7) is 4.91. The van der Waals surface area contributed by atoms with Crippen molar-refractivity contribution in [3.8, 4) is 5.75 Å². The van der Waals surface area contributed by atoms with Crippen molar-refractivity contribution in [3.63, 3.8) is 0 Å². The van der Waals surface area contributed by atoms with Crippen LogP contribution in [0.5, 0.6) is 5.75 Å². The first kappa shape index (κ1) is 25.3. The SMILES string of the molecule is COc1ccccc1N1CCN(CC(O)Cn2c3ccc(Br)cc3c3cc(Br)ccc32)CC1.[Cl-]. The van der Waals surface area contributed by atoms with E-state index in [0.29, 0.717) is 13.1 Å². The lowest BCUT2D eigenvalue weighted by Crippen LogP contribution is -3.00. The Morgan fingerprint density at radius 3 is 2.03 bits per heavy atom. The molecule has 0 amide bonds. The number of nitrogens with zero attached hydrogens (tertiary/aromatic N) is 3. The van der Waals surface area contributed by atoms with Crippen LogP contribution in [-0.4, -0.2) is 60.5 Å². The molecule has 4 aromatic rings. The van der Waals surface area contributed by atoms with Crippen molar-refractivity contribution in [2.45, 2.75) is 12.6 Å². The number of anilines is 1. The van der Waals surface area contributed by atoms with Crippen LogP contribution in [0.25, 0.3) is 21.8 Å². The van der Waals surface area contributed by atoms with E-state index < -0.39 is 6.10 Å². The molecule has 5 nitrogen and oxygen atoms in total. The normalized spacial score (nSPS) is 15.5. The second-order valence-corrected chi connectivity index (χ2v) is 10.4. The van der Waals surface area contributed by atoms with Crippen molar-refractivity contribution in [2.75, 3.05) is 44.7 Å². The largest absolute Gasteiger partial charge is 1.00 e. The lowest BCUT2D eigenvalue weighted by atomic mass is 10.2. The van der Waals surface area contributed by atoms with Gasteiger partial charge in [-0.15, -0.1) is 0 Å². The predicted octanol–water partition coefficient (Wildman–Crippen LogP) is 2.52. The topological polar surface area (TPSA) is 40.9 Å². The van der Waals surface area contributed by atoms with E-state index in [-0.39, 0.29) is 12.4 Å². The molecule has 1 aromatic heterocycles. The monoisotopic (exact) mass is 606 g/mol. The van der Waals surface area contributed by atoms with Crippen LogP contribution >= 0.6 is 31.9 Å². The third kappa shape index (κ3) is 5.09. The van der Waals surface area contributed by atoms with Crippen LogP contribution < -0.4 is 22.0 Å². The molecule has 1 N–H and O–H groups in total. The fourth-order valence-corrected chi connectivity index (χ4v) is 5.60. The number of para-hydroxylation sites is 2. The number of benzene rings is 3. The summed E-state index contributed by atoms with van der Waals surface area (Å²) in [7, 11) is 1.72. The van der Waals surface area contributed by atoms with Crippen LogP contribution in [0.1, 0.15) is 0 Å². The van der Waals surface area contributed by atoms with E-state index in [0.717, 1.165) is 57.6 Å². The fraction of sp³-hybridized carbons (Fsp3) is 0.308. The molecular weight excluding hydrogens is 582 g/mol. The lowest BCUT2D eigenvalue weighted by molar-refractivity contribution is -0.00000914. The Hall–Kier alpha value is -1.77. The van der Waals surface area contributed by atoms with Gasteiger partial charge in [-0.05, 0) is 48.5 Å². The summed E-state index contributed by atoms with van der Waals surface area (Å²) in [5.41, 5.74) is 3.43. The minimum atomic E-state index is -0.450. The number of hydrogen-bond acceptors (Lipinski definition) is 4. The number of hydrogen-bond donors (Lipinski definition) is 1. The molecule has 1 fully saturated rings. The summed E-state index contributed by atoms with van der Waals surface area (Å²) >= 11 is 7.21. The fourth-order valence-electron chi connectivity index (χ4n) is 4.87.